The first kappa shape index (κ1) is 11.1. The molecule has 0 fully saturated rings. The lowest BCUT2D eigenvalue weighted by Gasteiger charge is -2.15. The highest BCUT2D eigenvalue weighted by Crippen LogP contribution is 2.18. The smallest absolute Gasteiger partial charge is 0.250 e. The molecular formula is C10H14N4OS. The Hall–Kier alpha value is -1.43. The van der Waals surface area contributed by atoms with Gasteiger partial charge in [-0.2, -0.15) is 4.98 Å². The highest BCUT2D eigenvalue weighted by molar-refractivity contribution is 7.15. The van der Waals surface area contributed by atoms with E-state index in [1.165, 1.54) is 11.3 Å². The van der Waals surface area contributed by atoms with E-state index >= 15 is 0 Å². The van der Waals surface area contributed by atoms with Gasteiger partial charge in [0, 0.05) is 10.8 Å². The van der Waals surface area contributed by atoms with Crippen LogP contribution in [0.25, 0.3) is 4.96 Å². The molecular weight excluding hydrogens is 224 g/mol. The molecule has 0 unspecified atom stereocenters. The number of nitrogens with zero attached hydrogens (tertiary/aromatic N) is 3. The average molecular weight is 238 g/mol. The fourth-order valence-electron chi connectivity index (χ4n) is 1.13. The molecule has 2 rings (SSSR count). The van der Waals surface area contributed by atoms with Gasteiger partial charge in [-0.15, -0.1) is 16.4 Å². The van der Waals surface area contributed by atoms with Gasteiger partial charge in [0.15, 0.2) is 0 Å². The van der Waals surface area contributed by atoms with Crippen LogP contribution in [0.4, 0.5) is 5.95 Å². The van der Waals surface area contributed by atoms with Crippen molar-refractivity contribution in [3.63, 3.8) is 0 Å². The number of hydrogen-bond donors (Lipinski definition) is 1. The van der Waals surface area contributed by atoms with Crippen LogP contribution in [-0.4, -0.2) is 20.5 Å². The number of anilines is 1. The van der Waals surface area contributed by atoms with Gasteiger partial charge in [-0.3, -0.25) is 10.1 Å². The standard InChI is InChI=1S/C10H14N4OS/c1-6-5-16-9-12-8(13-14(6)9)11-7(15)10(2,3)4/h5H,1-4H3,(H,11,13,15). The molecule has 0 aliphatic rings. The van der Waals surface area contributed by atoms with E-state index < -0.39 is 5.41 Å². The van der Waals surface area contributed by atoms with E-state index in [2.05, 4.69) is 15.4 Å². The van der Waals surface area contributed by atoms with Crippen molar-refractivity contribution < 1.29 is 4.79 Å². The Bertz CT molecular complexity index is 534. The zero-order valence-electron chi connectivity index (χ0n) is 9.74. The molecule has 2 aromatic rings. The molecule has 0 bridgehead atoms. The van der Waals surface area contributed by atoms with E-state index in [4.69, 9.17) is 0 Å². The van der Waals surface area contributed by atoms with Crippen LogP contribution in [0.1, 0.15) is 26.5 Å². The summed E-state index contributed by atoms with van der Waals surface area (Å²) in [7, 11) is 0. The van der Waals surface area contributed by atoms with Gasteiger partial charge in [0.05, 0.1) is 5.69 Å². The molecule has 0 aliphatic carbocycles. The van der Waals surface area contributed by atoms with Crippen LogP contribution in [0.3, 0.4) is 0 Å². The number of nitrogens with one attached hydrogen (secondary N) is 1. The highest BCUT2D eigenvalue weighted by atomic mass is 32.1. The molecule has 1 amide bonds. The van der Waals surface area contributed by atoms with Crippen LogP contribution in [-0.2, 0) is 4.79 Å². The fraction of sp³-hybridized carbons (Fsp3) is 0.500. The number of thiazole rings is 1. The first-order chi connectivity index (χ1) is 7.38. The lowest BCUT2D eigenvalue weighted by Crippen LogP contribution is -2.28. The maximum absolute atomic E-state index is 11.7. The summed E-state index contributed by atoms with van der Waals surface area (Å²) in [5.74, 6) is 0.290. The Labute approximate surface area is 97.5 Å². The van der Waals surface area contributed by atoms with Gasteiger partial charge in [-0.1, -0.05) is 20.8 Å². The van der Waals surface area contributed by atoms with Crippen LogP contribution in [0.5, 0.6) is 0 Å². The number of aryl methyl sites for hydroxylation is 1. The molecule has 2 aromatic heterocycles. The van der Waals surface area contributed by atoms with Crippen molar-refractivity contribution in [3.05, 3.63) is 11.1 Å². The molecule has 1 N–H and O–H groups in total. The Morgan fingerprint density at radius 1 is 1.50 bits per heavy atom. The average Bonchev–Trinajstić information content (AvgIpc) is 2.67. The number of aromatic nitrogens is 3. The number of fused-ring (bicyclic) bond motifs is 1. The van der Waals surface area contributed by atoms with Gasteiger partial charge in [0.1, 0.15) is 0 Å². The molecule has 2 heterocycles. The van der Waals surface area contributed by atoms with Crippen LogP contribution >= 0.6 is 11.3 Å². The summed E-state index contributed by atoms with van der Waals surface area (Å²) in [6, 6.07) is 0. The molecule has 0 atom stereocenters. The van der Waals surface area contributed by atoms with Crippen molar-refractivity contribution in [3.8, 4) is 0 Å². The molecule has 0 aliphatic heterocycles. The van der Waals surface area contributed by atoms with Gasteiger partial charge < -0.3 is 0 Å². The van der Waals surface area contributed by atoms with Crippen LogP contribution in [0.15, 0.2) is 5.38 Å². The lowest BCUT2D eigenvalue weighted by molar-refractivity contribution is -0.123. The van der Waals surface area contributed by atoms with E-state index in [9.17, 15) is 4.79 Å². The first-order valence-electron chi connectivity index (χ1n) is 5.00. The summed E-state index contributed by atoms with van der Waals surface area (Å²) in [5.41, 5.74) is 0.581. The predicted octanol–water partition coefficient (Wildman–Crippen LogP) is 2.08. The van der Waals surface area contributed by atoms with Crippen molar-refractivity contribution >= 4 is 28.2 Å². The van der Waals surface area contributed by atoms with Crippen molar-refractivity contribution in [1.82, 2.24) is 14.6 Å². The zero-order valence-corrected chi connectivity index (χ0v) is 10.6. The Morgan fingerprint density at radius 2 is 2.19 bits per heavy atom. The summed E-state index contributed by atoms with van der Waals surface area (Å²) in [5, 5.41) is 8.90. The van der Waals surface area contributed by atoms with Crippen LogP contribution in [0, 0.1) is 12.3 Å². The maximum Gasteiger partial charge on any atom is 0.250 e. The number of carbonyl (C=O) groups is 1. The molecule has 6 heteroatoms. The number of amides is 1. The molecule has 0 saturated carbocycles. The molecule has 0 spiro atoms. The minimum absolute atomic E-state index is 0.0802. The van der Waals surface area contributed by atoms with Crippen LogP contribution in [0.2, 0.25) is 0 Å². The molecule has 16 heavy (non-hydrogen) atoms. The number of rotatable bonds is 1. The van der Waals surface area contributed by atoms with Gasteiger partial charge >= 0.3 is 0 Å². The molecule has 5 nitrogen and oxygen atoms in total. The molecule has 0 saturated heterocycles. The van der Waals surface area contributed by atoms with Gasteiger partial charge in [-0.25, -0.2) is 4.52 Å². The Morgan fingerprint density at radius 3 is 2.75 bits per heavy atom. The predicted molar refractivity (Wildman–Crippen MR) is 63.7 cm³/mol. The van der Waals surface area contributed by atoms with E-state index in [-0.39, 0.29) is 5.91 Å². The SMILES string of the molecule is Cc1csc2nc(NC(=O)C(C)(C)C)nn12. The molecule has 0 radical (unpaired) electrons. The van der Waals surface area contributed by atoms with E-state index in [0.717, 1.165) is 10.7 Å². The first-order valence-corrected chi connectivity index (χ1v) is 5.88. The lowest BCUT2D eigenvalue weighted by atomic mass is 9.96. The maximum atomic E-state index is 11.7. The van der Waals surface area contributed by atoms with E-state index in [0.29, 0.717) is 5.95 Å². The van der Waals surface area contributed by atoms with Gasteiger partial charge in [0.25, 0.3) is 0 Å². The van der Waals surface area contributed by atoms with Crippen LogP contribution < -0.4 is 5.32 Å². The second kappa shape index (κ2) is 3.55. The third-order valence-electron chi connectivity index (χ3n) is 2.15. The third kappa shape index (κ3) is 1.92. The summed E-state index contributed by atoms with van der Waals surface area (Å²) in [4.78, 5) is 16.7. The number of carbonyl (C=O) groups excluding carboxylic acids is 1. The number of hydrogen-bond acceptors (Lipinski definition) is 4. The normalized spacial score (nSPS) is 12.0. The van der Waals surface area contributed by atoms with Crippen molar-refractivity contribution in [1.29, 1.82) is 0 Å². The largest absolute Gasteiger partial charge is 0.293 e. The zero-order chi connectivity index (χ0) is 11.9. The van der Waals surface area contributed by atoms with Crippen molar-refractivity contribution in [2.24, 2.45) is 5.41 Å². The topological polar surface area (TPSA) is 59.3 Å². The Balaban J connectivity index is 2.25. The minimum atomic E-state index is -0.437. The van der Waals surface area contributed by atoms with Crippen molar-refractivity contribution in [2.75, 3.05) is 5.32 Å². The van der Waals surface area contributed by atoms with E-state index in [1.807, 2.05) is 33.1 Å². The summed E-state index contributed by atoms with van der Waals surface area (Å²) in [6.45, 7) is 7.51. The third-order valence-corrected chi connectivity index (χ3v) is 3.09. The fourth-order valence-corrected chi connectivity index (χ4v) is 1.93. The second-order valence-corrected chi connectivity index (χ2v) is 5.55. The quantitative estimate of drug-likeness (QED) is 0.827. The van der Waals surface area contributed by atoms with Gasteiger partial charge in [-0.05, 0) is 6.92 Å². The Kier molecular flexibility index (Phi) is 2.46. The van der Waals surface area contributed by atoms with Crippen molar-refractivity contribution in [2.45, 2.75) is 27.7 Å². The minimum Gasteiger partial charge on any atom is -0.293 e. The summed E-state index contributed by atoms with van der Waals surface area (Å²) >= 11 is 1.51. The monoisotopic (exact) mass is 238 g/mol. The summed E-state index contributed by atoms with van der Waals surface area (Å²) < 4.78 is 1.73. The highest BCUT2D eigenvalue weighted by Gasteiger charge is 2.22. The second-order valence-electron chi connectivity index (χ2n) is 4.71. The molecule has 0 aromatic carbocycles. The molecule has 86 valence electrons. The van der Waals surface area contributed by atoms with E-state index in [1.54, 1.807) is 4.52 Å². The summed E-state index contributed by atoms with van der Waals surface area (Å²) in [6.07, 6.45) is 0. The van der Waals surface area contributed by atoms with Gasteiger partial charge in [0.2, 0.25) is 16.8 Å².